The molecule has 1 aliphatic rings. The molecule has 4 rings (SSSR count). The highest BCUT2D eigenvalue weighted by molar-refractivity contribution is 5.95. The molecule has 0 aliphatic carbocycles. The van der Waals surface area contributed by atoms with Gasteiger partial charge in [0.05, 0.1) is 5.69 Å². The molecule has 2 heterocycles. The summed E-state index contributed by atoms with van der Waals surface area (Å²) in [6, 6.07) is 19.2. The Morgan fingerprint density at radius 3 is 2.50 bits per heavy atom. The van der Waals surface area contributed by atoms with Crippen LogP contribution in [0.1, 0.15) is 18.9 Å². The van der Waals surface area contributed by atoms with Gasteiger partial charge in [0.15, 0.2) is 0 Å². The summed E-state index contributed by atoms with van der Waals surface area (Å²) in [5, 5.41) is 11.7. The Balaban J connectivity index is 1.77. The van der Waals surface area contributed by atoms with Crippen molar-refractivity contribution in [1.29, 1.82) is 0 Å². The zero-order valence-corrected chi connectivity index (χ0v) is 16.6. The third-order valence-corrected chi connectivity index (χ3v) is 5.74. The molecule has 1 aromatic heterocycles. The van der Waals surface area contributed by atoms with Crippen molar-refractivity contribution in [3.63, 3.8) is 0 Å². The standard InChI is InChI=1S/C24H29N3O/c1-2-26-13-15-27(16-14-26)24-22-12-6-4-9-20(22)18-23(25-24)21-11-5-3-8-19(21)10-7-17-28/h3-6,8-9,11-12,18,28H,2,7,10,13-17H2,1H3. The monoisotopic (exact) mass is 375 g/mol. The van der Waals surface area contributed by atoms with Crippen LogP contribution >= 0.6 is 0 Å². The van der Waals surface area contributed by atoms with Gasteiger partial charge in [0.1, 0.15) is 5.82 Å². The summed E-state index contributed by atoms with van der Waals surface area (Å²) in [7, 11) is 0. The lowest BCUT2D eigenvalue weighted by atomic mass is 9.98. The second kappa shape index (κ2) is 8.72. The fraction of sp³-hybridized carbons (Fsp3) is 0.375. The van der Waals surface area contributed by atoms with Crippen molar-refractivity contribution < 1.29 is 5.11 Å². The lowest BCUT2D eigenvalue weighted by molar-refractivity contribution is 0.271. The number of aliphatic hydroxyl groups excluding tert-OH is 1. The minimum absolute atomic E-state index is 0.215. The van der Waals surface area contributed by atoms with Crippen LogP contribution in [0.4, 0.5) is 5.82 Å². The van der Waals surface area contributed by atoms with Gasteiger partial charge in [0.2, 0.25) is 0 Å². The Morgan fingerprint density at radius 1 is 0.964 bits per heavy atom. The molecule has 0 radical (unpaired) electrons. The van der Waals surface area contributed by atoms with Crippen LogP contribution in [0.5, 0.6) is 0 Å². The number of piperazine rings is 1. The second-order valence-electron chi connectivity index (χ2n) is 7.46. The number of benzene rings is 2. The molecule has 1 saturated heterocycles. The van der Waals surface area contributed by atoms with Gasteiger partial charge in [-0.3, -0.25) is 0 Å². The Morgan fingerprint density at radius 2 is 1.71 bits per heavy atom. The summed E-state index contributed by atoms with van der Waals surface area (Å²) in [4.78, 5) is 10.1. The first kappa shape index (κ1) is 18.9. The molecular weight excluding hydrogens is 346 g/mol. The first-order valence-electron chi connectivity index (χ1n) is 10.4. The summed E-state index contributed by atoms with van der Waals surface area (Å²) < 4.78 is 0. The van der Waals surface area contributed by atoms with Crippen molar-refractivity contribution >= 4 is 16.6 Å². The van der Waals surface area contributed by atoms with Crippen LogP contribution in [-0.2, 0) is 6.42 Å². The predicted molar refractivity (Wildman–Crippen MR) is 117 cm³/mol. The first-order valence-corrected chi connectivity index (χ1v) is 10.4. The second-order valence-corrected chi connectivity index (χ2v) is 7.46. The fourth-order valence-electron chi connectivity index (χ4n) is 4.09. The van der Waals surface area contributed by atoms with E-state index in [0.717, 1.165) is 57.1 Å². The van der Waals surface area contributed by atoms with Gasteiger partial charge < -0.3 is 14.9 Å². The topological polar surface area (TPSA) is 39.6 Å². The van der Waals surface area contributed by atoms with Gasteiger partial charge in [-0.25, -0.2) is 4.98 Å². The number of hydrogen-bond acceptors (Lipinski definition) is 4. The summed E-state index contributed by atoms with van der Waals surface area (Å²) in [6.45, 7) is 7.76. The Hall–Kier alpha value is -2.43. The molecule has 0 atom stereocenters. The molecule has 146 valence electrons. The highest BCUT2D eigenvalue weighted by Crippen LogP contribution is 2.32. The van der Waals surface area contributed by atoms with Crippen LogP contribution in [0.25, 0.3) is 22.0 Å². The molecule has 1 N–H and O–H groups in total. The van der Waals surface area contributed by atoms with Crippen LogP contribution in [0, 0.1) is 0 Å². The minimum atomic E-state index is 0.215. The summed E-state index contributed by atoms with van der Waals surface area (Å²) in [5.41, 5.74) is 3.45. The van der Waals surface area contributed by atoms with Gasteiger partial charge in [0, 0.05) is 43.7 Å². The number of aliphatic hydroxyl groups is 1. The number of pyridine rings is 1. The van der Waals surface area contributed by atoms with E-state index in [1.54, 1.807) is 0 Å². The zero-order valence-electron chi connectivity index (χ0n) is 16.6. The molecule has 2 aromatic carbocycles. The van der Waals surface area contributed by atoms with Crippen molar-refractivity contribution in [2.45, 2.75) is 19.8 Å². The first-order chi connectivity index (χ1) is 13.8. The largest absolute Gasteiger partial charge is 0.396 e. The zero-order chi connectivity index (χ0) is 19.3. The van der Waals surface area contributed by atoms with E-state index in [1.807, 2.05) is 0 Å². The van der Waals surface area contributed by atoms with E-state index in [9.17, 15) is 5.11 Å². The predicted octanol–water partition coefficient (Wildman–Crippen LogP) is 3.97. The Kier molecular flexibility index (Phi) is 5.89. The maximum absolute atomic E-state index is 9.26. The van der Waals surface area contributed by atoms with Crippen LogP contribution in [-0.4, -0.2) is 54.3 Å². The van der Waals surface area contributed by atoms with E-state index < -0.39 is 0 Å². The molecule has 0 spiro atoms. The van der Waals surface area contributed by atoms with Gasteiger partial charge in [-0.1, -0.05) is 55.5 Å². The fourth-order valence-corrected chi connectivity index (χ4v) is 4.09. The highest BCUT2D eigenvalue weighted by atomic mass is 16.2. The maximum atomic E-state index is 9.26. The molecule has 0 bridgehead atoms. The SMILES string of the molecule is CCN1CCN(c2nc(-c3ccccc3CCCO)cc3ccccc23)CC1. The number of aryl methyl sites for hydroxylation is 1. The third kappa shape index (κ3) is 3.89. The van der Waals surface area contributed by atoms with Crippen molar-refractivity contribution in [3.8, 4) is 11.3 Å². The molecule has 0 amide bonds. The molecular formula is C24H29N3O. The van der Waals surface area contributed by atoms with E-state index in [4.69, 9.17) is 4.98 Å². The molecule has 0 saturated carbocycles. The molecule has 1 fully saturated rings. The van der Waals surface area contributed by atoms with Crippen LogP contribution < -0.4 is 4.90 Å². The summed E-state index contributed by atoms with van der Waals surface area (Å²) in [5.74, 6) is 1.10. The van der Waals surface area contributed by atoms with Crippen molar-refractivity contribution in [2.75, 3.05) is 44.2 Å². The third-order valence-electron chi connectivity index (χ3n) is 5.74. The average Bonchev–Trinajstić information content (AvgIpc) is 2.77. The molecule has 4 nitrogen and oxygen atoms in total. The van der Waals surface area contributed by atoms with E-state index in [0.29, 0.717) is 0 Å². The number of fused-ring (bicyclic) bond motifs is 1. The number of anilines is 1. The maximum Gasteiger partial charge on any atom is 0.137 e. The molecule has 0 unspecified atom stereocenters. The Labute approximate surface area is 167 Å². The highest BCUT2D eigenvalue weighted by Gasteiger charge is 2.20. The smallest absolute Gasteiger partial charge is 0.137 e. The van der Waals surface area contributed by atoms with Crippen LogP contribution in [0.2, 0.25) is 0 Å². The Bertz CT molecular complexity index is 932. The van der Waals surface area contributed by atoms with Gasteiger partial charge in [-0.15, -0.1) is 0 Å². The van der Waals surface area contributed by atoms with Gasteiger partial charge in [-0.2, -0.15) is 0 Å². The van der Waals surface area contributed by atoms with Crippen molar-refractivity contribution in [1.82, 2.24) is 9.88 Å². The molecule has 4 heteroatoms. The van der Waals surface area contributed by atoms with Crippen LogP contribution in [0.3, 0.4) is 0 Å². The summed E-state index contributed by atoms with van der Waals surface area (Å²) in [6.07, 6.45) is 1.64. The number of aromatic nitrogens is 1. The van der Waals surface area contributed by atoms with E-state index in [-0.39, 0.29) is 6.61 Å². The summed E-state index contributed by atoms with van der Waals surface area (Å²) >= 11 is 0. The lowest BCUT2D eigenvalue weighted by Crippen LogP contribution is -2.46. The van der Waals surface area contributed by atoms with Crippen molar-refractivity contribution in [2.24, 2.45) is 0 Å². The van der Waals surface area contributed by atoms with Crippen LogP contribution in [0.15, 0.2) is 54.6 Å². The normalized spacial score (nSPS) is 15.3. The molecule has 3 aromatic rings. The quantitative estimate of drug-likeness (QED) is 0.708. The number of likely N-dealkylation sites (N-methyl/N-ethyl adjacent to an activating group) is 1. The minimum Gasteiger partial charge on any atom is -0.396 e. The lowest BCUT2D eigenvalue weighted by Gasteiger charge is -2.35. The average molecular weight is 376 g/mol. The van der Waals surface area contributed by atoms with Crippen molar-refractivity contribution in [3.05, 3.63) is 60.2 Å². The van der Waals surface area contributed by atoms with E-state index >= 15 is 0 Å². The van der Waals surface area contributed by atoms with E-state index in [1.165, 1.54) is 21.9 Å². The van der Waals surface area contributed by atoms with Gasteiger partial charge in [-0.05, 0) is 36.4 Å². The molecule has 1 aliphatic heterocycles. The van der Waals surface area contributed by atoms with Gasteiger partial charge >= 0.3 is 0 Å². The van der Waals surface area contributed by atoms with E-state index in [2.05, 4.69) is 71.3 Å². The number of rotatable bonds is 6. The number of hydrogen-bond donors (Lipinski definition) is 1. The van der Waals surface area contributed by atoms with Gasteiger partial charge in [0.25, 0.3) is 0 Å². The number of nitrogens with zero attached hydrogens (tertiary/aromatic N) is 3. The molecule has 28 heavy (non-hydrogen) atoms.